The maximum atomic E-state index is 13.8. The number of benzene rings is 1. The largest absolute Gasteiger partial charge is 0.507 e. The molecule has 0 aliphatic heterocycles. The van der Waals surface area contributed by atoms with Gasteiger partial charge in [-0.05, 0) is 76.0 Å². The Morgan fingerprint density at radius 1 is 1.18 bits per heavy atom. The van der Waals surface area contributed by atoms with Crippen LogP contribution in [0.25, 0.3) is 0 Å². The summed E-state index contributed by atoms with van der Waals surface area (Å²) < 4.78 is 0. The first-order valence-electron chi connectivity index (χ1n) is 13.2. The van der Waals surface area contributed by atoms with Gasteiger partial charge in [-0.1, -0.05) is 25.4 Å². The Labute approximate surface area is 232 Å². The van der Waals surface area contributed by atoms with Crippen molar-refractivity contribution in [2.75, 3.05) is 27.7 Å². The van der Waals surface area contributed by atoms with Crippen LogP contribution >= 0.6 is 11.6 Å². The predicted octanol–water partition coefficient (Wildman–Crippen LogP) is 0.998. The number of Topliss-reactive ketones (excluding diaryl/α,β-unsaturated/α-hetero) is 4. The molecule has 6 atom stereocenters. The zero-order chi connectivity index (χ0) is 29.1. The summed E-state index contributed by atoms with van der Waals surface area (Å²) >= 11 is 6.79. The van der Waals surface area contributed by atoms with Crippen molar-refractivity contribution in [1.82, 2.24) is 9.80 Å². The first-order chi connectivity index (χ1) is 18.1. The Bertz CT molecular complexity index is 1260. The molecule has 10 nitrogen and oxygen atoms in total. The molecule has 1 amide bonds. The third-order valence-electron chi connectivity index (χ3n) is 8.60. The van der Waals surface area contributed by atoms with Gasteiger partial charge in [-0.15, -0.1) is 0 Å². The number of aromatic hydroxyl groups is 1. The van der Waals surface area contributed by atoms with Crippen molar-refractivity contribution >= 4 is 40.6 Å². The van der Waals surface area contributed by atoms with Gasteiger partial charge in [-0.2, -0.15) is 0 Å². The Morgan fingerprint density at radius 2 is 1.82 bits per heavy atom. The van der Waals surface area contributed by atoms with Gasteiger partial charge in [0.05, 0.1) is 17.5 Å². The lowest BCUT2D eigenvalue weighted by Crippen LogP contribution is -2.74. The first kappa shape index (κ1) is 29.3. The molecule has 0 radical (unpaired) electrons. The molecule has 0 heterocycles. The Hall–Kier alpha value is -2.66. The van der Waals surface area contributed by atoms with Gasteiger partial charge in [0.15, 0.2) is 34.7 Å². The molecular weight excluding hydrogens is 526 g/mol. The van der Waals surface area contributed by atoms with E-state index >= 15 is 0 Å². The summed E-state index contributed by atoms with van der Waals surface area (Å²) in [5.74, 6) is -10.2. The topological polar surface area (TPSA) is 158 Å². The number of phenolic OH excluding ortho intramolecular Hbond substituents is 1. The van der Waals surface area contributed by atoms with Crippen molar-refractivity contribution in [2.45, 2.75) is 51.3 Å². The fourth-order valence-corrected chi connectivity index (χ4v) is 6.96. The summed E-state index contributed by atoms with van der Waals surface area (Å²) in [5.41, 5.74) is 3.56. The van der Waals surface area contributed by atoms with Crippen molar-refractivity contribution in [1.29, 1.82) is 0 Å². The molecule has 3 aliphatic carbocycles. The second-order valence-corrected chi connectivity index (χ2v) is 12.3. The molecule has 1 aromatic carbocycles. The lowest BCUT2D eigenvalue weighted by Gasteiger charge is -2.52. The fourth-order valence-electron chi connectivity index (χ4n) is 6.67. The highest BCUT2D eigenvalue weighted by Gasteiger charge is 2.69. The molecule has 2 saturated carbocycles. The van der Waals surface area contributed by atoms with E-state index in [-0.39, 0.29) is 24.2 Å². The summed E-state index contributed by atoms with van der Waals surface area (Å²) in [6.45, 7) is 5.51. The molecule has 0 aromatic heterocycles. The maximum absolute atomic E-state index is 13.8. The minimum Gasteiger partial charge on any atom is -0.507 e. The van der Waals surface area contributed by atoms with Crippen LogP contribution in [0.5, 0.6) is 5.75 Å². The van der Waals surface area contributed by atoms with E-state index in [0.29, 0.717) is 28.6 Å². The highest BCUT2D eigenvalue weighted by atomic mass is 35.5. The lowest BCUT2D eigenvalue weighted by molar-refractivity contribution is -0.181. The number of carbonyl (C=O) groups excluding carboxylic acids is 5. The summed E-state index contributed by atoms with van der Waals surface area (Å²) in [4.78, 5) is 69.6. The minimum atomic E-state index is -2.74. The molecule has 212 valence electrons. The predicted molar refractivity (Wildman–Crippen MR) is 142 cm³/mol. The zero-order valence-corrected chi connectivity index (χ0v) is 23.6. The van der Waals surface area contributed by atoms with Gasteiger partial charge in [0.1, 0.15) is 5.75 Å². The number of carbonyl (C=O) groups is 5. The van der Waals surface area contributed by atoms with E-state index in [9.17, 15) is 34.2 Å². The van der Waals surface area contributed by atoms with E-state index in [1.807, 2.05) is 7.05 Å². The number of primary amides is 1. The number of rotatable bonds is 7. The van der Waals surface area contributed by atoms with Gasteiger partial charge in [-0.25, -0.2) is 0 Å². The van der Waals surface area contributed by atoms with Crippen LogP contribution in [0.15, 0.2) is 6.07 Å². The molecule has 2 fully saturated rings. The SMILES string of the molecule is CC(C)CCN(C)Cc1cc(O)c2c(c1Cl)C[C@H]1C[C@H]3[C@H](N(C)C)C(=O)C(C(N)=O)C(=O)[C@@]3(O)C(=O)C1C2=O. The standard InChI is InChI=1S/C28H36ClN3O7/c1-12(2)6-7-32(5)11-14-10-17(33)19-15(21(14)29)8-13-9-16-22(31(3)4)24(35)20(27(30)38)26(37)28(16,39)25(36)18(13)23(19)34/h10,12-13,16,18,20,22,33,39H,6-9,11H2,1-5H3,(H2,30,38)/t13-,16-,18?,20?,22-,28-/m0/s1. The summed E-state index contributed by atoms with van der Waals surface area (Å²) in [6, 6.07) is 0.280. The highest BCUT2D eigenvalue weighted by Crippen LogP contribution is 2.51. The van der Waals surface area contributed by atoms with Gasteiger partial charge in [-0.3, -0.25) is 28.9 Å². The normalized spacial score (nSPS) is 30.6. The van der Waals surface area contributed by atoms with E-state index in [1.165, 1.54) is 11.0 Å². The number of likely N-dealkylation sites (N-methyl/N-ethyl adjacent to an activating group) is 1. The molecule has 4 N–H and O–H groups in total. The van der Waals surface area contributed by atoms with Crippen molar-refractivity contribution in [3.05, 3.63) is 27.8 Å². The average Bonchev–Trinajstić information content (AvgIpc) is 2.82. The van der Waals surface area contributed by atoms with Crippen LogP contribution in [0.3, 0.4) is 0 Å². The summed E-state index contributed by atoms with van der Waals surface area (Å²) in [7, 11) is 5.03. The van der Waals surface area contributed by atoms with Crippen LogP contribution in [0.4, 0.5) is 0 Å². The second-order valence-electron chi connectivity index (χ2n) is 11.9. The number of hydrogen-bond donors (Lipinski definition) is 3. The van der Waals surface area contributed by atoms with Gasteiger partial charge >= 0.3 is 0 Å². The molecule has 11 heteroatoms. The Kier molecular flexibility index (Phi) is 7.81. The minimum absolute atomic E-state index is 0.0144. The fraction of sp³-hybridized carbons (Fsp3) is 0.607. The number of phenols is 1. The van der Waals surface area contributed by atoms with Crippen molar-refractivity contribution < 1.29 is 34.2 Å². The number of nitrogens with two attached hydrogens (primary N) is 1. The molecule has 2 unspecified atom stereocenters. The second kappa shape index (κ2) is 10.4. The first-order valence-corrected chi connectivity index (χ1v) is 13.6. The van der Waals surface area contributed by atoms with E-state index in [2.05, 4.69) is 18.7 Å². The molecule has 39 heavy (non-hydrogen) atoms. The number of hydrogen-bond acceptors (Lipinski definition) is 9. The Balaban J connectivity index is 1.76. The van der Waals surface area contributed by atoms with E-state index in [0.717, 1.165) is 13.0 Å². The van der Waals surface area contributed by atoms with E-state index in [1.54, 1.807) is 14.1 Å². The number of amides is 1. The smallest absolute Gasteiger partial charge is 0.235 e. The van der Waals surface area contributed by atoms with Crippen LogP contribution < -0.4 is 5.73 Å². The summed E-state index contributed by atoms with van der Waals surface area (Å²) in [6.07, 6.45) is 1.10. The average molecular weight is 562 g/mol. The van der Waals surface area contributed by atoms with E-state index < -0.39 is 64.4 Å². The van der Waals surface area contributed by atoms with Gasteiger partial charge in [0.25, 0.3) is 0 Å². The van der Waals surface area contributed by atoms with Crippen LogP contribution in [-0.2, 0) is 32.1 Å². The van der Waals surface area contributed by atoms with E-state index in [4.69, 9.17) is 17.3 Å². The third kappa shape index (κ3) is 4.61. The monoisotopic (exact) mass is 561 g/mol. The molecule has 0 spiro atoms. The van der Waals surface area contributed by atoms with Gasteiger partial charge in [0, 0.05) is 17.5 Å². The quantitative estimate of drug-likeness (QED) is 0.413. The maximum Gasteiger partial charge on any atom is 0.235 e. The molecule has 0 bridgehead atoms. The number of ketones is 4. The molecule has 1 aromatic rings. The van der Waals surface area contributed by atoms with Crippen LogP contribution in [0, 0.1) is 29.6 Å². The molecule has 3 aliphatic rings. The number of nitrogens with zero attached hydrogens (tertiary/aromatic N) is 2. The Morgan fingerprint density at radius 3 is 2.38 bits per heavy atom. The number of aliphatic hydroxyl groups is 1. The number of fused-ring (bicyclic) bond motifs is 3. The molecule has 0 saturated heterocycles. The van der Waals surface area contributed by atoms with Crippen molar-refractivity contribution in [3.8, 4) is 5.75 Å². The zero-order valence-electron chi connectivity index (χ0n) is 22.9. The van der Waals surface area contributed by atoms with Crippen LogP contribution in [-0.4, -0.2) is 88.4 Å². The van der Waals surface area contributed by atoms with Crippen LogP contribution in [0.2, 0.25) is 5.02 Å². The summed E-state index contributed by atoms with van der Waals surface area (Å²) in [5, 5.41) is 22.8. The van der Waals surface area contributed by atoms with Crippen molar-refractivity contribution in [2.24, 2.45) is 35.3 Å². The molecule has 4 rings (SSSR count). The van der Waals surface area contributed by atoms with Gasteiger partial charge < -0.3 is 20.8 Å². The van der Waals surface area contributed by atoms with Gasteiger partial charge in [0.2, 0.25) is 5.91 Å². The van der Waals surface area contributed by atoms with Crippen molar-refractivity contribution in [3.63, 3.8) is 0 Å². The van der Waals surface area contributed by atoms with Crippen LogP contribution in [0.1, 0.15) is 48.2 Å². The third-order valence-corrected chi connectivity index (χ3v) is 9.07. The molecular formula is C28H36ClN3O7. The lowest BCUT2D eigenvalue weighted by atomic mass is 9.52. The number of halogens is 1. The highest BCUT2D eigenvalue weighted by molar-refractivity contribution is 6.34.